The lowest BCUT2D eigenvalue weighted by atomic mass is 10.0. The highest BCUT2D eigenvalue weighted by Crippen LogP contribution is 2.21. The van der Waals surface area contributed by atoms with Crippen molar-refractivity contribution in [3.8, 4) is 5.75 Å². The van der Waals surface area contributed by atoms with Crippen LogP contribution in [-0.2, 0) is 9.63 Å². The molecule has 0 radical (unpaired) electrons. The zero-order valence-electron chi connectivity index (χ0n) is 15.1. The lowest BCUT2D eigenvalue weighted by Gasteiger charge is -2.35. The molecule has 1 fully saturated rings. The van der Waals surface area contributed by atoms with Crippen LogP contribution in [0, 0.1) is 0 Å². The zero-order valence-corrected chi connectivity index (χ0v) is 15.1. The number of hydrogen-bond donors (Lipinski definition) is 0. The van der Waals surface area contributed by atoms with Gasteiger partial charge in [0.05, 0.1) is 12.8 Å². The van der Waals surface area contributed by atoms with Crippen LogP contribution >= 0.6 is 0 Å². The van der Waals surface area contributed by atoms with Crippen LogP contribution in [0.5, 0.6) is 5.75 Å². The first kappa shape index (κ1) is 17.3. The largest absolute Gasteiger partial charge is 0.497 e. The highest BCUT2D eigenvalue weighted by atomic mass is 16.6. The number of methoxy groups -OCH3 is 1. The van der Waals surface area contributed by atoms with Crippen molar-refractivity contribution in [2.75, 3.05) is 38.2 Å². The Morgan fingerprint density at radius 2 is 1.81 bits per heavy atom. The van der Waals surface area contributed by atoms with Crippen molar-refractivity contribution in [1.29, 1.82) is 0 Å². The average molecular weight is 367 g/mol. The van der Waals surface area contributed by atoms with E-state index in [1.165, 1.54) is 0 Å². The van der Waals surface area contributed by atoms with E-state index >= 15 is 0 Å². The van der Waals surface area contributed by atoms with E-state index in [1.54, 1.807) is 25.6 Å². The third-order valence-electron chi connectivity index (χ3n) is 4.79. The van der Waals surface area contributed by atoms with Crippen LogP contribution in [0.25, 0.3) is 0 Å². The van der Waals surface area contributed by atoms with E-state index in [4.69, 9.17) is 9.57 Å². The molecule has 2 aliphatic heterocycles. The molecule has 1 amide bonds. The molecule has 8 heteroatoms. The van der Waals surface area contributed by atoms with E-state index in [0.29, 0.717) is 38.5 Å². The fraction of sp³-hybridized carbons (Fsp3) is 0.368. The number of piperazine rings is 1. The standard InChI is InChI=1S/C19H21N5O3/c1-26-15-5-3-14(4-6-15)16-13-17(27-22-16)18(25)23-9-11-24(12-10-23)19-20-7-2-8-21-19/h2-8,17H,9-13H2,1H3. The Hall–Kier alpha value is -3.16. The number of anilines is 1. The van der Waals surface area contributed by atoms with E-state index in [1.807, 2.05) is 29.2 Å². The van der Waals surface area contributed by atoms with Gasteiger partial charge in [0.25, 0.3) is 5.91 Å². The van der Waals surface area contributed by atoms with E-state index in [-0.39, 0.29) is 5.91 Å². The van der Waals surface area contributed by atoms with Crippen LogP contribution in [0.1, 0.15) is 12.0 Å². The summed E-state index contributed by atoms with van der Waals surface area (Å²) in [5.41, 5.74) is 1.73. The SMILES string of the molecule is COc1ccc(C2=NOC(C(=O)N3CCN(c4ncccn4)CC3)C2)cc1. The van der Waals surface area contributed by atoms with Crippen molar-refractivity contribution in [3.63, 3.8) is 0 Å². The Kier molecular flexibility index (Phi) is 4.86. The molecule has 2 aromatic rings. The Bertz CT molecular complexity index is 817. The lowest BCUT2D eigenvalue weighted by molar-refractivity contribution is -0.142. The zero-order chi connectivity index (χ0) is 18.6. The van der Waals surface area contributed by atoms with Crippen LogP contribution in [0.2, 0.25) is 0 Å². The van der Waals surface area contributed by atoms with E-state index in [2.05, 4.69) is 20.0 Å². The molecule has 0 saturated carbocycles. The molecule has 1 unspecified atom stereocenters. The molecule has 8 nitrogen and oxygen atoms in total. The molecule has 1 aromatic carbocycles. The number of carbonyl (C=O) groups is 1. The maximum Gasteiger partial charge on any atom is 0.267 e. The minimum atomic E-state index is -0.554. The number of rotatable bonds is 4. The molecule has 2 aliphatic rings. The number of aromatic nitrogens is 2. The molecule has 0 aliphatic carbocycles. The number of amides is 1. The van der Waals surface area contributed by atoms with Gasteiger partial charge in [0.15, 0.2) is 0 Å². The smallest absolute Gasteiger partial charge is 0.267 e. The quantitative estimate of drug-likeness (QED) is 0.811. The number of ether oxygens (including phenoxy) is 1. The second kappa shape index (κ2) is 7.61. The number of carbonyl (C=O) groups excluding carboxylic acids is 1. The van der Waals surface area contributed by atoms with Gasteiger partial charge in [-0.3, -0.25) is 4.79 Å². The van der Waals surface area contributed by atoms with Crippen LogP contribution in [0.15, 0.2) is 47.9 Å². The van der Waals surface area contributed by atoms with Gasteiger partial charge in [-0.25, -0.2) is 9.97 Å². The van der Waals surface area contributed by atoms with Crippen molar-refractivity contribution in [2.24, 2.45) is 5.16 Å². The topological polar surface area (TPSA) is 80.2 Å². The van der Waals surface area contributed by atoms with E-state index < -0.39 is 6.10 Å². The first-order chi connectivity index (χ1) is 13.2. The molecule has 1 atom stereocenters. The molecule has 1 saturated heterocycles. The van der Waals surface area contributed by atoms with Crippen molar-refractivity contribution in [2.45, 2.75) is 12.5 Å². The molecule has 140 valence electrons. The summed E-state index contributed by atoms with van der Waals surface area (Å²) >= 11 is 0. The van der Waals surface area contributed by atoms with E-state index in [9.17, 15) is 4.79 Å². The summed E-state index contributed by atoms with van der Waals surface area (Å²) in [7, 11) is 1.63. The molecule has 27 heavy (non-hydrogen) atoms. The Morgan fingerprint density at radius 3 is 2.48 bits per heavy atom. The number of nitrogens with zero attached hydrogens (tertiary/aromatic N) is 5. The minimum Gasteiger partial charge on any atom is -0.497 e. The van der Waals surface area contributed by atoms with Crippen LogP contribution < -0.4 is 9.64 Å². The van der Waals surface area contributed by atoms with Gasteiger partial charge in [-0.05, 0) is 35.9 Å². The third kappa shape index (κ3) is 3.69. The first-order valence-corrected chi connectivity index (χ1v) is 8.92. The van der Waals surface area contributed by atoms with Gasteiger partial charge in [0, 0.05) is 45.0 Å². The van der Waals surface area contributed by atoms with Crippen molar-refractivity contribution >= 4 is 17.6 Å². The fourth-order valence-corrected chi connectivity index (χ4v) is 3.25. The summed E-state index contributed by atoms with van der Waals surface area (Å²) in [4.78, 5) is 30.7. The molecule has 3 heterocycles. The van der Waals surface area contributed by atoms with Crippen LogP contribution in [0.4, 0.5) is 5.95 Å². The monoisotopic (exact) mass is 367 g/mol. The Balaban J connectivity index is 1.32. The molecular formula is C19H21N5O3. The van der Waals surface area contributed by atoms with Gasteiger partial charge < -0.3 is 19.4 Å². The second-order valence-corrected chi connectivity index (χ2v) is 6.43. The van der Waals surface area contributed by atoms with Crippen molar-refractivity contribution in [3.05, 3.63) is 48.3 Å². The second-order valence-electron chi connectivity index (χ2n) is 6.43. The van der Waals surface area contributed by atoms with Gasteiger partial charge in [-0.15, -0.1) is 0 Å². The highest BCUT2D eigenvalue weighted by Gasteiger charge is 2.34. The highest BCUT2D eigenvalue weighted by molar-refractivity contribution is 6.04. The van der Waals surface area contributed by atoms with Gasteiger partial charge in [-0.1, -0.05) is 5.16 Å². The summed E-state index contributed by atoms with van der Waals surface area (Å²) in [6.07, 6.45) is 3.38. The maximum absolute atomic E-state index is 12.8. The van der Waals surface area contributed by atoms with Crippen molar-refractivity contribution < 1.29 is 14.4 Å². The summed E-state index contributed by atoms with van der Waals surface area (Å²) < 4.78 is 5.17. The molecular weight excluding hydrogens is 346 g/mol. The molecule has 0 N–H and O–H groups in total. The Morgan fingerprint density at radius 1 is 1.11 bits per heavy atom. The van der Waals surface area contributed by atoms with Crippen LogP contribution in [-0.4, -0.2) is 65.9 Å². The summed E-state index contributed by atoms with van der Waals surface area (Å²) in [5.74, 6) is 1.47. The number of oxime groups is 1. The van der Waals surface area contributed by atoms with Gasteiger partial charge in [0.1, 0.15) is 5.75 Å². The normalized spacial score (nSPS) is 19.4. The molecule has 0 spiro atoms. The van der Waals surface area contributed by atoms with Crippen LogP contribution in [0.3, 0.4) is 0 Å². The molecule has 0 bridgehead atoms. The first-order valence-electron chi connectivity index (χ1n) is 8.92. The minimum absolute atomic E-state index is 0.0177. The molecule has 1 aromatic heterocycles. The lowest BCUT2D eigenvalue weighted by Crippen LogP contribution is -2.52. The fourth-order valence-electron chi connectivity index (χ4n) is 3.25. The third-order valence-corrected chi connectivity index (χ3v) is 4.79. The van der Waals surface area contributed by atoms with Gasteiger partial charge >= 0.3 is 0 Å². The van der Waals surface area contributed by atoms with E-state index in [0.717, 1.165) is 17.0 Å². The van der Waals surface area contributed by atoms with Gasteiger partial charge in [-0.2, -0.15) is 0 Å². The summed E-state index contributed by atoms with van der Waals surface area (Å²) in [5, 5.41) is 4.12. The van der Waals surface area contributed by atoms with Gasteiger partial charge in [0.2, 0.25) is 12.1 Å². The predicted molar refractivity (Wildman–Crippen MR) is 99.8 cm³/mol. The summed E-state index contributed by atoms with van der Waals surface area (Å²) in [6, 6.07) is 9.38. The Labute approximate surface area is 157 Å². The average Bonchev–Trinajstić information content (AvgIpc) is 3.24. The maximum atomic E-state index is 12.8. The predicted octanol–water partition coefficient (Wildman–Crippen LogP) is 1.33. The van der Waals surface area contributed by atoms with Crippen molar-refractivity contribution in [1.82, 2.24) is 14.9 Å². The number of hydrogen-bond acceptors (Lipinski definition) is 7. The molecule has 4 rings (SSSR count). The summed E-state index contributed by atoms with van der Waals surface area (Å²) in [6.45, 7) is 2.65. The number of benzene rings is 1.